The molecule has 0 spiro atoms. The molecule has 0 radical (unpaired) electrons. The molecule has 0 heterocycles. The molecule has 0 bridgehead atoms. The first kappa shape index (κ1) is 9.68. The fourth-order valence-corrected chi connectivity index (χ4v) is 1.42. The summed E-state index contributed by atoms with van der Waals surface area (Å²) in [6, 6.07) is 3.77. The van der Waals surface area contributed by atoms with Gasteiger partial charge in [-0.05, 0) is 35.0 Å². The van der Waals surface area contributed by atoms with Crippen LogP contribution in [0.4, 0.5) is 11.4 Å². The summed E-state index contributed by atoms with van der Waals surface area (Å²) in [6.45, 7) is 2.84. The lowest BCUT2D eigenvalue weighted by molar-refractivity contribution is 1.21. The van der Waals surface area contributed by atoms with Crippen LogP contribution < -0.4 is 11.1 Å². The molecule has 0 saturated heterocycles. The van der Waals surface area contributed by atoms with E-state index in [4.69, 9.17) is 17.3 Å². The molecule has 0 atom stereocenters. The molecular formula is C8H10BrClN2. The lowest BCUT2D eigenvalue weighted by Gasteiger charge is -2.09. The Labute approximate surface area is 85.2 Å². The van der Waals surface area contributed by atoms with Crippen molar-refractivity contribution in [1.82, 2.24) is 0 Å². The second kappa shape index (κ2) is 4.01. The summed E-state index contributed by atoms with van der Waals surface area (Å²) in [6.07, 6.45) is 0. The van der Waals surface area contributed by atoms with Gasteiger partial charge < -0.3 is 11.1 Å². The largest absolute Gasteiger partial charge is 0.396 e. The van der Waals surface area contributed by atoms with E-state index in [1.54, 1.807) is 0 Å². The zero-order valence-electron chi connectivity index (χ0n) is 6.70. The maximum atomic E-state index is 5.91. The highest BCUT2D eigenvalue weighted by atomic mass is 79.9. The third-order valence-corrected chi connectivity index (χ3v) is 2.80. The van der Waals surface area contributed by atoms with Crippen LogP contribution >= 0.6 is 27.5 Å². The molecular weight excluding hydrogens is 239 g/mol. The van der Waals surface area contributed by atoms with Crippen molar-refractivity contribution >= 4 is 38.9 Å². The van der Waals surface area contributed by atoms with E-state index in [9.17, 15) is 0 Å². The number of anilines is 2. The average molecular weight is 250 g/mol. The molecule has 1 rings (SSSR count). The van der Waals surface area contributed by atoms with Gasteiger partial charge >= 0.3 is 0 Å². The summed E-state index contributed by atoms with van der Waals surface area (Å²) < 4.78 is 0.823. The van der Waals surface area contributed by atoms with Gasteiger partial charge in [-0.15, -0.1) is 0 Å². The van der Waals surface area contributed by atoms with Crippen LogP contribution in [-0.4, -0.2) is 6.54 Å². The topological polar surface area (TPSA) is 38.0 Å². The lowest BCUT2D eigenvalue weighted by atomic mass is 10.2. The monoisotopic (exact) mass is 248 g/mol. The van der Waals surface area contributed by atoms with Gasteiger partial charge in [-0.2, -0.15) is 0 Å². The van der Waals surface area contributed by atoms with Crippen LogP contribution in [0.15, 0.2) is 16.6 Å². The third kappa shape index (κ3) is 1.84. The highest BCUT2D eigenvalue weighted by Crippen LogP contribution is 2.33. The fourth-order valence-electron chi connectivity index (χ4n) is 0.911. The van der Waals surface area contributed by atoms with E-state index < -0.39 is 0 Å². The molecule has 0 fully saturated rings. The van der Waals surface area contributed by atoms with Crippen LogP contribution in [0.2, 0.25) is 5.02 Å². The van der Waals surface area contributed by atoms with E-state index in [0.717, 1.165) is 16.7 Å². The third-order valence-electron chi connectivity index (χ3n) is 1.50. The minimum atomic E-state index is 0.563. The van der Waals surface area contributed by atoms with Crippen LogP contribution in [0, 0.1) is 0 Å². The van der Waals surface area contributed by atoms with Crippen molar-refractivity contribution in [2.75, 3.05) is 17.6 Å². The van der Waals surface area contributed by atoms with Crippen molar-refractivity contribution in [3.63, 3.8) is 0 Å². The number of nitrogens with one attached hydrogen (secondary N) is 1. The van der Waals surface area contributed by atoms with Crippen LogP contribution in [0.1, 0.15) is 6.92 Å². The summed E-state index contributed by atoms with van der Waals surface area (Å²) in [5.41, 5.74) is 7.22. The van der Waals surface area contributed by atoms with E-state index in [1.807, 2.05) is 19.1 Å². The van der Waals surface area contributed by atoms with Gasteiger partial charge in [0.1, 0.15) is 0 Å². The van der Waals surface area contributed by atoms with Gasteiger partial charge in [0.25, 0.3) is 0 Å². The fraction of sp³-hybridized carbons (Fsp3) is 0.250. The van der Waals surface area contributed by atoms with Gasteiger partial charge in [0.2, 0.25) is 0 Å². The summed E-state index contributed by atoms with van der Waals surface area (Å²) in [4.78, 5) is 0. The normalized spacial score (nSPS) is 9.92. The smallest absolute Gasteiger partial charge is 0.0798 e. The van der Waals surface area contributed by atoms with Crippen LogP contribution in [-0.2, 0) is 0 Å². The van der Waals surface area contributed by atoms with Crippen molar-refractivity contribution in [3.8, 4) is 0 Å². The van der Waals surface area contributed by atoms with Crippen molar-refractivity contribution in [1.29, 1.82) is 0 Å². The van der Waals surface area contributed by atoms with Crippen LogP contribution in [0.3, 0.4) is 0 Å². The predicted molar refractivity (Wildman–Crippen MR) is 57.7 cm³/mol. The lowest BCUT2D eigenvalue weighted by Crippen LogP contribution is -2.01. The Bertz CT molecular complexity index is 289. The molecule has 3 N–H and O–H groups in total. The van der Waals surface area contributed by atoms with Crippen molar-refractivity contribution in [2.45, 2.75) is 6.92 Å². The van der Waals surface area contributed by atoms with E-state index in [1.165, 1.54) is 0 Å². The maximum absolute atomic E-state index is 5.91. The van der Waals surface area contributed by atoms with E-state index >= 15 is 0 Å². The zero-order valence-corrected chi connectivity index (χ0v) is 9.04. The van der Waals surface area contributed by atoms with Gasteiger partial charge in [0, 0.05) is 11.0 Å². The Morgan fingerprint density at radius 3 is 2.83 bits per heavy atom. The standard InChI is InChI=1S/C8H10BrClN2/c1-2-12-6-4-3-5(9)7(10)8(6)11/h3-4,12H,2,11H2,1H3. The Morgan fingerprint density at radius 2 is 2.25 bits per heavy atom. The van der Waals surface area contributed by atoms with Crippen molar-refractivity contribution < 1.29 is 0 Å². The minimum Gasteiger partial charge on any atom is -0.396 e. The molecule has 0 amide bonds. The molecule has 1 aromatic rings. The minimum absolute atomic E-state index is 0.563. The molecule has 12 heavy (non-hydrogen) atoms. The van der Waals surface area contributed by atoms with Gasteiger partial charge in [-0.25, -0.2) is 0 Å². The molecule has 4 heteroatoms. The second-order valence-electron chi connectivity index (χ2n) is 2.35. The SMILES string of the molecule is CCNc1ccc(Br)c(Cl)c1N. The Hall–Kier alpha value is -0.410. The first-order valence-corrected chi connectivity index (χ1v) is 4.81. The average Bonchev–Trinajstić information content (AvgIpc) is 2.07. The highest BCUT2D eigenvalue weighted by molar-refractivity contribution is 9.10. The van der Waals surface area contributed by atoms with Crippen LogP contribution in [0.25, 0.3) is 0 Å². The molecule has 0 aromatic heterocycles. The first-order chi connectivity index (χ1) is 5.66. The molecule has 0 aliphatic rings. The highest BCUT2D eigenvalue weighted by Gasteiger charge is 2.05. The number of halogens is 2. The summed E-state index contributed by atoms with van der Waals surface area (Å²) in [5.74, 6) is 0. The summed E-state index contributed by atoms with van der Waals surface area (Å²) in [5, 5.41) is 3.68. The Morgan fingerprint density at radius 1 is 1.58 bits per heavy atom. The predicted octanol–water partition coefficient (Wildman–Crippen LogP) is 3.12. The number of nitrogens with two attached hydrogens (primary N) is 1. The van der Waals surface area contributed by atoms with E-state index in [-0.39, 0.29) is 0 Å². The van der Waals surface area contributed by atoms with Crippen molar-refractivity contribution in [3.05, 3.63) is 21.6 Å². The number of hydrogen-bond donors (Lipinski definition) is 2. The summed E-state index contributed by atoms with van der Waals surface area (Å²) >= 11 is 9.20. The number of hydrogen-bond acceptors (Lipinski definition) is 2. The van der Waals surface area contributed by atoms with Gasteiger partial charge in [-0.3, -0.25) is 0 Å². The molecule has 1 aromatic carbocycles. The number of rotatable bonds is 2. The Kier molecular flexibility index (Phi) is 3.23. The molecule has 0 unspecified atom stereocenters. The molecule has 0 aliphatic heterocycles. The quantitative estimate of drug-likeness (QED) is 0.791. The zero-order chi connectivity index (χ0) is 9.14. The first-order valence-electron chi connectivity index (χ1n) is 3.64. The van der Waals surface area contributed by atoms with Crippen molar-refractivity contribution in [2.24, 2.45) is 0 Å². The van der Waals surface area contributed by atoms with Gasteiger partial charge in [-0.1, -0.05) is 11.6 Å². The molecule has 0 saturated carbocycles. The van der Waals surface area contributed by atoms with Crippen LogP contribution in [0.5, 0.6) is 0 Å². The van der Waals surface area contributed by atoms with Gasteiger partial charge in [0.15, 0.2) is 0 Å². The van der Waals surface area contributed by atoms with Gasteiger partial charge in [0.05, 0.1) is 16.4 Å². The molecule has 0 aliphatic carbocycles. The second-order valence-corrected chi connectivity index (χ2v) is 3.59. The summed E-state index contributed by atoms with van der Waals surface area (Å²) in [7, 11) is 0. The maximum Gasteiger partial charge on any atom is 0.0798 e. The van der Waals surface area contributed by atoms with E-state index in [2.05, 4.69) is 21.2 Å². The molecule has 2 nitrogen and oxygen atoms in total. The number of benzene rings is 1. The number of nitrogen functional groups attached to an aromatic ring is 1. The Balaban J connectivity index is 3.08. The van der Waals surface area contributed by atoms with E-state index in [0.29, 0.717) is 10.7 Å². The molecule has 66 valence electrons.